The van der Waals surface area contributed by atoms with E-state index in [0.29, 0.717) is 22.3 Å². The summed E-state index contributed by atoms with van der Waals surface area (Å²) < 4.78 is 7.42. The number of aromatic nitrogens is 3. The number of fused-ring (bicyclic) bond motifs is 1. The Kier molecular flexibility index (Phi) is 5.41. The van der Waals surface area contributed by atoms with E-state index >= 15 is 0 Å². The summed E-state index contributed by atoms with van der Waals surface area (Å²) in [6.07, 6.45) is 1.53. The van der Waals surface area contributed by atoms with Crippen LogP contribution in [0.2, 0.25) is 5.02 Å². The average molecular weight is 426 g/mol. The van der Waals surface area contributed by atoms with Crippen molar-refractivity contribution >= 4 is 35.1 Å². The maximum absolute atomic E-state index is 12.5. The zero-order valence-corrected chi connectivity index (χ0v) is 17.2. The lowest BCUT2D eigenvalue weighted by molar-refractivity contribution is -0.118. The molecule has 0 aliphatic carbocycles. The van der Waals surface area contributed by atoms with Crippen molar-refractivity contribution in [2.24, 2.45) is 0 Å². The molecule has 154 valence electrons. The van der Waals surface area contributed by atoms with E-state index in [1.54, 1.807) is 22.9 Å². The number of rotatable bonds is 5. The summed E-state index contributed by atoms with van der Waals surface area (Å²) in [7, 11) is 0. The third-order valence-corrected chi connectivity index (χ3v) is 5.09. The Balaban J connectivity index is 1.54. The first kappa shape index (κ1) is 19.9. The van der Waals surface area contributed by atoms with Crippen LogP contribution in [0.5, 0.6) is 5.75 Å². The summed E-state index contributed by atoms with van der Waals surface area (Å²) in [5.41, 5.74) is 3.42. The maximum Gasteiger partial charge on any atom is 0.262 e. The zero-order valence-electron chi connectivity index (χ0n) is 16.5. The lowest BCUT2D eigenvalue weighted by Crippen LogP contribution is -2.30. The molecule has 3 aromatic rings. The largest absolute Gasteiger partial charge is 0.483 e. The van der Waals surface area contributed by atoms with E-state index in [4.69, 9.17) is 16.3 Å². The molecule has 1 aliphatic heterocycles. The van der Waals surface area contributed by atoms with Gasteiger partial charge in [0.05, 0.1) is 12.5 Å². The molecule has 2 N–H and O–H groups in total. The van der Waals surface area contributed by atoms with Crippen LogP contribution >= 0.6 is 11.6 Å². The molecular formula is C21H20ClN5O3. The third-order valence-electron chi connectivity index (χ3n) is 4.86. The number of anilines is 2. The lowest BCUT2D eigenvalue weighted by atomic mass is 10.0. The minimum absolute atomic E-state index is 0.155. The highest BCUT2D eigenvalue weighted by Gasteiger charge is 2.30. The normalized spacial score (nSPS) is 15.3. The number of carbonyl (C=O) groups excluding carboxylic acids is 2. The Labute approximate surface area is 178 Å². The van der Waals surface area contributed by atoms with Gasteiger partial charge in [0.2, 0.25) is 11.9 Å². The second-order valence-electron chi connectivity index (χ2n) is 7.13. The van der Waals surface area contributed by atoms with Crippen LogP contribution in [0.1, 0.15) is 29.2 Å². The van der Waals surface area contributed by atoms with Crippen molar-refractivity contribution in [1.29, 1.82) is 0 Å². The topological polar surface area (TPSA) is 98.1 Å². The predicted molar refractivity (Wildman–Crippen MR) is 113 cm³/mol. The molecule has 1 aliphatic rings. The van der Waals surface area contributed by atoms with Crippen LogP contribution in [0.3, 0.4) is 0 Å². The fourth-order valence-corrected chi connectivity index (χ4v) is 3.54. The highest BCUT2D eigenvalue weighted by Crippen LogP contribution is 2.35. The number of benzene rings is 2. The molecular weight excluding hydrogens is 406 g/mol. The van der Waals surface area contributed by atoms with E-state index < -0.39 is 6.04 Å². The van der Waals surface area contributed by atoms with Crippen molar-refractivity contribution in [3.63, 3.8) is 0 Å². The molecule has 2 heterocycles. The van der Waals surface area contributed by atoms with Crippen LogP contribution in [0.15, 0.2) is 42.7 Å². The molecule has 0 saturated carbocycles. The summed E-state index contributed by atoms with van der Waals surface area (Å²) in [5, 5.41) is 10.2. The van der Waals surface area contributed by atoms with Gasteiger partial charge in [-0.05, 0) is 49.2 Å². The van der Waals surface area contributed by atoms with Crippen molar-refractivity contribution in [3.05, 3.63) is 64.4 Å². The number of nitrogens with one attached hydrogen (secondary N) is 2. The van der Waals surface area contributed by atoms with Crippen molar-refractivity contribution in [1.82, 2.24) is 14.8 Å². The molecule has 8 nitrogen and oxygen atoms in total. The minimum atomic E-state index is -0.438. The van der Waals surface area contributed by atoms with Crippen LogP contribution in [-0.4, -0.2) is 33.2 Å². The molecule has 1 atom stereocenters. The number of amides is 2. The quantitative estimate of drug-likeness (QED) is 0.652. The van der Waals surface area contributed by atoms with Crippen molar-refractivity contribution < 1.29 is 14.3 Å². The van der Waals surface area contributed by atoms with Gasteiger partial charge in [0.1, 0.15) is 12.1 Å². The molecule has 2 aromatic carbocycles. The standard InChI is InChI=1S/C21H20ClN5O3/c1-12-3-4-13(2)16(7-12)25-20(29)10-30-18-6-5-14(22)8-15(18)17-9-19(28)26-21-23-11-24-27(17)21/h3-8,11,17H,9-10H2,1-2H3,(H,25,29)(H,23,24,26,28)/t17-/m1/s1. The van der Waals surface area contributed by atoms with Gasteiger partial charge in [-0.3, -0.25) is 14.9 Å². The van der Waals surface area contributed by atoms with E-state index in [1.807, 2.05) is 32.0 Å². The van der Waals surface area contributed by atoms with E-state index in [1.165, 1.54) is 6.33 Å². The summed E-state index contributed by atoms with van der Waals surface area (Å²) in [5.74, 6) is 0.345. The van der Waals surface area contributed by atoms with Gasteiger partial charge in [0.25, 0.3) is 5.91 Å². The molecule has 1 aromatic heterocycles. The van der Waals surface area contributed by atoms with Crippen molar-refractivity contribution in [2.75, 3.05) is 17.2 Å². The van der Waals surface area contributed by atoms with Crippen LogP contribution in [0, 0.1) is 13.8 Å². The first-order chi connectivity index (χ1) is 14.4. The van der Waals surface area contributed by atoms with E-state index in [0.717, 1.165) is 16.8 Å². The molecule has 4 rings (SSSR count). The van der Waals surface area contributed by atoms with Crippen LogP contribution in [0.4, 0.5) is 11.6 Å². The molecule has 2 amide bonds. The van der Waals surface area contributed by atoms with Crippen molar-refractivity contribution in [3.8, 4) is 5.75 Å². The third kappa shape index (κ3) is 4.13. The van der Waals surface area contributed by atoms with Gasteiger partial charge < -0.3 is 10.1 Å². The first-order valence-corrected chi connectivity index (χ1v) is 9.77. The smallest absolute Gasteiger partial charge is 0.262 e. The lowest BCUT2D eigenvalue weighted by Gasteiger charge is -2.25. The first-order valence-electron chi connectivity index (χ1n) is 9.39. The Hall–Kier alpha value is -3.39. The second-order valence-corrected chi connectivity index (χ2v) is 7.57. The predicted octanol–water partition coefficient (Wildman–Crippen LogP) is 3.50. The number of nitrogens with zero attached hydrogens (tertiary/aromatic N) is 3. The highest BCUT2D eigenvalue weighted by molar-refractivity contribution is 6.30. The monoisotopic (exact) mass is 425 g/mol. The second kappa shape index (κ2) is 8.16. The van der Waals surface area contributed by atoms with E-state index in [2.05, 4.69) is 20.7 Å². The van der Waals surface area contributed by atoms with Gasteiger partial charge >= 0.3 is 0 Å². The number of hydrogen-bond acceptors (Lipinski definition) is 5. The van der Waals surface area contributed by atoms with E-state index in [-0.39, 0.29) is 24.8 Å². The fourth-order valence-electron chi connectivity index (χ4n) is 3.36. The van der Waals surface area contributed by atoms with Crippen molar-refractivity contribution in [2.45, 2.75) is 26.3 Å². The molecule has 0 saturated heterocycles. The van der Waals surface area contributed by atoms with Gasteiger partial charge in [-0.15, -0.1) is 0 Å². The van der Waals surface area contributed by atoms with E-state index in [9.17, 15) is 9.59 Å². The summed E-state index contributed by atoms with van der Waals surface area (Å²) in [6.45, 7) is 3.70. The molecule has 30 heavy (non-hydrogen) atoms. The SMILES string of the molecule is Cc1ccc(C)c(NC(=O)COc2ccc(Cl)cc2[C@H]2CC(=O)Nc3ncnn32)c1. The molecule has 0 radical (unpaired) electrons. The molecule has 0 unspecified atom stereocenters. The Bertz CT molecular complexity index is 1130. The summed E-state index contributed by atoms with van der Waals surface area (Å²) in [6, 6.07) is 10.5. The Morgan fingerprint density at radius 2 is 2.13 bits per heavy atom. The molecule has 0 fully saturated rings. The Morgan fingerprint density at radius 3 is 2.97 bits per heavy atom. The van der Waals surface area contributed by atoms with Crippen LogP contribution < -0.4 is 15.4 Å². The average Bonchev–Trinajstić information content (AvgIpc) is 3.17. The van der Waals surface area contributed by atoms with Crippen LogP contribution in [0.25, 0.3) is 0 Å². The van der Waals surface area contributed by atoms with Gasteiger partial charge in [-0.25, -0.2) is 4.68 Å². The minimum Gasteiger partial charge on any atom is -0.483 e. The molecule has 0 bridgehead atoms. The number of carbonyl (C=O) groups is 2. The van der Waals surface area contributed by atoms with Gasteiger partial charge in [-0.1, -0.05) is 23.7 Å². The van der Waals surface area contributed by atoms with Gasteiger partial charge in [0.15, 0.2) is 6.61 Å². The van der Waals surface area contributed by atoms with Gasteiger partial charge in [0, 0.05) is 16.3 Å². The number of halogens is 1. The highest BCUT2D eigenvalue weighted by atomic mass is 35.5. The zero-order chi connectivity index (χ0) is 21.3. The summed E-state index contributed by atoms with van der Waals surface area (Å²) >= 11 is 6.20. The van der Waals surface area contributed by atoms with Gasteiger partial charge in [-0.2, -0.15) is 10.1 Å². The van der Waals surface area contributed by atoms with Crippen LogP contribution in [-0.2, 0) is 9.59 Å². The number of hydrogen-bond donors (Lipinski definition) is 2. The number of ether oxygens (including phenoxy) is 1. The Morgan fingerprint density at radius 1 is 1.30 bits per heavy atom. The molecule has 9 heteroatoms. The molecule has 0 spiro atoms. The fraction of sp³-hybridized carbons (Fsp3) is 0.238. The number of aryl methyl sites for hydroxylation is 2. The maximum atomic E-state index is 12.5. The summed E-state index contributed by atoms with van der Waals surface area (Å²) in [4.78, 5) is 28.6.